The number of nitrogens with zero attached hydrogens (tertiary/aromatic N) is 4. The Bertz CT molecular complexity index is 1620. The average molecular weight is 540 g/mol. The molecule has 0 unspecified atom stereocenters. The Morgan fingerprint density at radius 2 is 1.81 bits per heavy atom. The van der Waals surface area contributed by atoms with Crippen LogP contribution in [0.3, 0.4) is 0 Å². The number of hydrogen-bond acceptors (Lipinski definition) is 8. The van der Waals surface area contributed by atoms with Crippen LogP contribution in [0.4, 0.5) is 5.69 Å². The number of hydrogen-bond donors (Lipinski definition) is 1. The molecule has 0 aliphatic carbocycles. The molecule has 3 aromatic carbocycles. The van der Waals surface area contributed by atoms with Crippen molar-refractivity contribution in [3.63, 3.8) is 0 Å². The molecule has 0 amide bonds. The van der Waals surface area contributed by atoms with E-state index < -0.39 is 20.6 Å². The minimum atomic E-state index is -4.21. The van der Waals surface area contributed by atoms with Crippen molar-refractivity contribution in [2.75, 3.05) is 13.2 Å². The second-order valence-corrected chi connectivity index (χ2v) is 9.86. The Morgan fingerprint density at radius 3 is 2.57 bits per heavy atom. The maximum absolute atomic E-state index is 12.7. The van der Waals surface area contributed by atoms with Gasteiger partial charge in [0.2, 0.25) is 0 Å². The van der Waals surface area contributed by atoms with Crippen molar-refractivity contribution < 1.29 is 22.8 Å². The standard InChI is InChI=1S/C24H18ClN5O6S/c25-20-8-7-19(13-21(20)30(31)32)37(33,34)28-26-14-17-15-29(18-4-2-1-3-5-18)27-24(17)16-6-9-22-23(12-16)36-11-10-35-22/h1-9,12-15,28H,10-11H2. The quantitative estimate of drug-likeness (QED) is 0.211. The zero-order valence-corrected chi connectivity index (χ0v) is 20.5. The highest BCUT2D eigenvalue weighted by Gasteiger charge is 2.21. The normalized spacial score (nSPS) is 13.0. The van der Waals surface area contributed by atoms with E-state index in [4.69, 9.17) is 21.1 Å². The molecule has 5 rings (SSSR count). The highest BCUT2D eigenvalue weighted by atomic mass is 35.5. The molecule has 188 valence electrons. The summed E-state index contributed by atoms with van der Waals surface area (Å²) in [6, 6.07) is 17.9. The number of halogens is 1. The van der Waals surface area contributed by atoms with E-state index in [1.54, 1.807) is 23.0 Å². The number of fused-ring (bicyclic) bond motifs is 1. The first kappa shape index (κ1) is 24.3. The highest BCUT2D eigenvalue weighted by molar-refractivity contribution is 7.89. The van der Waals surface area contributed by atoms with Gasteiger partial charge in [-0.15, -0.1) is 0 Å². The Hall–Kier alpha value is -4.42. The zero-order chi connectivity index (χ0) is 26.0. The molecule has 4 aromatic rings. The number of nitro benzene ring substituents is 1. The molecule has 0 saturated heterocycles. The van der Waals surface area contributed by atoms with E-state index in [0.717, 1.165) is 23.9 Å². The van der Waals surface area contributed by atoms with Crippen LogP contribution in [0.5, 0.6) is 11.5 Å². The number of nitrogens with one attached hydrogen (secondary N) is 1. The van der Waals surface area contributed by atoms with Gasteiger partial charge in [-0.25, -0.2) is 9.51 Å². The molecule has 37 heavy (non-hydrogen) atoms. The van der Waals surface area contributed by atoms with Crippen LogP contribution in [0.1, 0.15) is 5.56 Å². The van der Waals surface area contributed by atoms with Crippen molar-refractivity contribution in [2.24, 2.45) is 5.10 Å². The van der Waals surface area contributed by atoms with Crippen LogP contribution in [-0.2, 0) is 10.0 Å². The number of benzene rings is 3. The van der Waals surface area contributed by atoms with Crippen molar-refractivity contribution in [1.82, 2.24) is 14.6 Å². The van der Waals surface area contributed by atoms with E-state index in [-0.39, 0.29) is 9.92 Å². The topological polar surface area (TPSA) is 138 Å². The third kappa shape index (κ3) is 5.10. The molecule has 0 radical (unpaired) electrons. The van der Waals surface area contributed by atoms with Gasteiger partial charge in [0.1, 0.15) is 23.9 Å². The molecule has 13 heteroatoms. The fraction of sp³-hybridized carbons (Fsp3) is 0.0833. The van der Waals surface area contributed by atoms with Gasteiger partial charge in [0.05, 0.1) is 21.7 Å². The minimum absolute atomic E-state index is 0.176. The summed E-state index contributed by atoms with van der Waals surface area (Å²) >= 11 is 5.79. The summed E-state index contributed by atoms with van der Waals surface area (Å²) in [5.74, 6) is 1.20. The van der Waals surface area contributed by atoms with Gasteiger partial charge in [-0.1, -0.05) is 29.8 Å². The van der Waals surface area contributed by atoms with Gasteiger partial charge < -0.3 is 9.47 Å². The van der Waals surface area contributed by atoms with Gasteiger partial charge in [-0.3, -0.25) is 10.1 Å². The van der Waals surface area contributed by atoms with Gasteiger partial charge in [-0.2, -0.15) is 18.6 Å². The van der Waals surface area contributed by atoms with Crippen molar-refractivity contribution >= 4 is 33.5 Å². The van der Waals surface area contributed by atoms with Crippen LogP contribution in [-0.4, -0.2) is 42.5 Å². The first-order valence-electron chi connectivity index (χ1n) is 10.9. The molecule has 0 spiro atoms. The lowest BCUT2D eigenvalue weighted by molar-refractivity contribution is -0.384. The van der Waals surface area contributed by atoms with Crippen LogP contribution in [0, 0.1) is 10.1 Å². The van der Waals surface area contributed by atoms with Crippen molar-refractivity contribution in [3.05, 3.63) is 93.6 Å². The third-order valence-electron chi connectivity index (χ3n) is 5.38. The third-order valence-corrected chi connectivity index (χ3v) is 6.92. The van der Waals surface area contributed by atoms with E-state index in [2.05, 4.69) is 15.0 Å². The number of sulfonamides is 1. The second kappa shape index (κ2) is 9.91. The van der Waals surface area contributed by atoms with Gasteiger partial charge in [0.15, 0.2) is 11.5 Å². The van der Waals surface area contributed by atoms with Gasteiger partial charge in [-0.05, 0) is 42.5 Å². The van der Waals surface area contributed by atoms with Gasteiger partial charge >= 0.3 is 0 Å². The van der Waals surface area contributed by atoms with E-state index >= 15 is 0 Å². The summed E-state index contributed by atoms with van der Waals surface area (Å²) in [4.78, 5) is 12.1. The number of nitro groups is 1. The van der Waals surface area contributed by atoms with Crippen molar-refractivity contribution in [2.45, 2.75) is 4.90 Å². The molecular formula is C24H18ClN5O6S. The number of para-hydroxylation sites is 1. The molecule has 2 heterocycles. The van der Waals surface area contributed by atoms with E-state index in [0.29, 0.717) is 41.5 Å². The molecule has 0 saturated carbocycles. The largest absolute Gasteiger partial charge is 0.486 e. The SMILES string of the molecule is O=[N+]([O-])c1cc(S(=O)(=O)NN=Cc2cn(-c3ccccc3)nc2-c2ccc3c(c2)OCCO3)ccc1Cl. The maximum Gasteiger partial charge on any atom is 0.289 e. The summed E-state index contributed by atoms with van der Waals surface area (Å²) in [5, 5.41) is 19.5. The molecule has 1 aromatic heterocycles. The van der Waals surface area contributed by atoms with Gasteiger partial charge in [0.25, 0.3) is 15.7 Å². The van der Waals surface area contributed by atoms with Crippen LogP contribution in [0.15, 0.2) is 82.9 Å². The lowest BCUT2D eigenvalue weighted by atomic mass is 10.1. The van der Waals surface area contributed by atoms with E-state index in [1.807, 2.05) is 36.4 Å². The first-order valence-corrected chi connectivity index (χ1v) is 12.7. The number of ether oxygens (including phenoxy) is 2. The minimum Gasteiger partial charge on any atom is -0.486 e. The molecular weight excluding hydrogens is 522 g/mol. The molecule has 1 N–H and O–H groups in total. The lowest BCUT2D eigenvalue weighted by Gasteiger charge is -2.18. The summed E-state index contributed by atoms with van der Waals surface area (Å²) in [6.45, 7) is 0.887. The molecule has 0 atom stereocenters. The molecule has 0 fully saturated rings. The van der Waals surface area contributed by atoms with E-state index in [1.165, 1.54) is 6.21 Å². The molecule has 1 aliphatic heterocycles. The molecule has 11 nitrogen and oxygen atoms in total. The van der Waals surface area contributed by atoms with Crippen molar-refractivity contribution in [3.8, 4) is 28.4 Å². The predicted molar refractivity (Wildman–Crippen MR) is 136 cm³/mol. The Morgan fingerprint density at radius 1 is 1.05 bits per heavy atom. The Kier molecular flexibility index (Phi) is 6.51. The second-order valence-electron chi connectivity index (χ2n) is 7.79. The lowest BCUT2D eigenvalue weighted by Crippen LogP contribution is -2.18. The average Bonchev–Trinajstić information content (AvgIpc) is 3.33. The van der Waals surface area contributed by atoms with E-state index in [9.17, 15) is 18.5 Å². The summed E-state index contributed by atoms with van der Waals surface area (Å²) in [5.41, 5.74) is 1.99. The Labute approximate surface area is 216 Å². The number of rotatable bonds is 7. The monoisotopic (exact) mass is 539 g/mol. The number of hydrazone groups is 1. The fourth-order valence-corrected chi connectivity index (χ4v) is 4.62. The van der Waals surface area contributed by atoms with Crippen LogP contribution in [0.25, 0.3) is 16.9 Å². The fourth-order valence-electron chi connectivity index (χ4n) is 3.63. The molecule has 0 bridgehead atoms. The summed E-state index contributed by atoms with van der Waals surface area (Å²) < 4.78 is 38.3. The molecule has 1 aliphatic rings. The van der Waals surface area contributed by atoms with Crippen LogP contribution in [0.2, 0.25) is 5.02 Å². The summed E-state index contributed by atoms with van der Waals surface area (Å²) in [7, 11) is -4.21. The zero-order valence-electron chi connectivity index (χ0n) is 18.9. The first-order chi connectivity index (χ1) is 17.8. The van der Waals surface area contributed by atoms with Crippen molar-refractivity contribution in [1.29, 1.82) is 0 Å². The van der Waals surface area contributed by atoms with Crippen LogP contribution < -0.4 is 14.3 Å². The summed E-state index contributed by atoms with van der Waals surface area (Å²) in [6.07, 6.45) is 3.01. The maximum atomic E-state index is 12.7. The van der Waals surface area contributed by atoms with Gasteiger partial charge in [0, 0.05) is 23.4 Å². The highest BCUT2D eigenvalue weighted by Crippen LogP contribution is 2.35. The number of aromatic nitrogens is 2. The van der Waals surface area contributed by atoms with Crippen LogP contribution >= 0.6 is 11.6 Å². The smallest absolute Gasteiger partial charge is 0.289 e. The Balaban J connectivity index is 1.49. The predicted octanol–water partition coefficient (Wildman–Crippen LogP) is 4.18.